The summed E-state index contributed by atoms with van der Waals surface area (Å²) in [6.07, 6.45) is 0.828. The van der Waals surface area contributed by atoms with Crippen LogP contribution in [-0.4, -0.2) is 18.4 Å². The Balaban J connectivity index is 2.85. The summed E-state index contributed by atoms with van der Waals surface area (Å²) in [4.78, 5) is 13.8. The van der Waals surface area contributed by atoms with Gasteiger partial charge < -0.3 is 9.72 Å². The molecule has 2 rings (SSSR count). The second-order valence-corrected chi connectivity index (χ2v) is 4.08. The Labute approximate surface area is 95.6 Å². The Morgan fingerprint density at radius 1 is 1.47 bits per heavy atom. The summed E-state index contributed by atoms with van der Waals surface area (Å²) in [6, 6.07) is 3.76. The maximum Gasteiger partial charge on any atom is 0.166 e. The van der Waals surface area contributed by atoms with Crippen LogP contribution in [0.3, 0.4) is 0 Å². The van der Waals surface area contributed by atoms with Crippen molar-refractivity contribution in [1.29, 1.82) is 0 Å². The summed E-state index contributed by atoms with van der Waals surface area (Å²) in [5, 5.41) is 0.997. The molecule has 1 heterocycles. The zero-order valence-corrected chi connectivity index (χ0v) is 10.0. The van der Waals surface area contributed by atoms with E-state index in [0.29, 0.717) is 5.69 Å². The first-order valence-electron chi connectivity index (χ1n) is 4.49. The van der Waals surface area contributed by atoms with E-state index in [1.165, 1.54) is 0 Å². The van der Waals surface area contributed by atoms with Crippen molar-refractivity contribution in [2.24, 2.45) is 0 Å². The molecule has 0 aliphatic carbocycles. The number of hydrogen-bond donors (Lipinski definition) is 1. The van der Waals surface area contributed by atoms with E-state index in [1.807, 2.05) is 19.1 Å². The fourth-order valence-electron chi connectivity index (χ4n) is 1.68. The Hall–Kier alpha value is -1.29. The van der Waals surface area contributed by atoms with Crippen LogP contribution in [0.2, 0.25) is 0 Å². The monoisotopic (exact) mass is 267 g/mol. The topological polar surface area (TPSA) is 42.1 Å². The van der Waals surface area contributed by atoms with E-state index in [1.54, 1.807) is 7.11 Å². The second kappa shape index (κ2) is 3.70. The number of fused-ring (bicyclic) bond motifs is 1. The SMILES string of the molecule is COc1ccc2[nH]c(C=O)c(C)c2c1Br. The van der Waals surface area contributed by atoms with Crippen molar-refractivity contribution >= 4 is 33.1 Å². The van der Waals surface area contributed by atoms with Crippen LogP contribution < -0.4 is 4.74 Å². The lowest BCUT2D eigenvalue weighted by atomic mass is 10.1. The minimum absolute atomic E-state index is 0.610. The number of carbonyl (C=O) groups excluding carboxylic acids is 1. The van der Waals surface area contributed by atoms with Gasteiger partial charge in [-0.05, 0) is 40.5 Å². The van der Waals surface area contributed by atoms with E-state index in [4.69, 9.17) is 4.74 Å². The zero-order valence-electron chi connectivity index (χ0n) is 8.43. The van der Waals surface area contributed by atoms with Gasteiger partial charge >= 0.3 is 0 Å². The number of carbonyl (C=O) groups is 1. The van der Waals surface area contributed by atoms with Gasteiger partial charge in [0.1, 0.15) is 5.75 Å². The van der Waals surface area contributed by atoms with Crippen LogP contribution in [0.25, 0.3) is 10.9 Å². The molecule has 0 atom stereocenters. The van der Waals surface area contributed by atoms with Gasteiger partial charge in [-0.2, -0.15) is 0 Å². The van der Waals surface area contributed by atoms with Crippen molar-refractivity contribution in [3.05, 3.63) is 27.9 Å². The largest absolute Gasteiger partial charge is 0.496 e. The van der Waals surface area contributed by atoms with Crippen LogP contribution in [0, 0.1) is 6.92 Å². The Kier molecular flexibility index (Phi) is 2.52. The standard InChI is InChI=1S/C11H10BrNO2/c1-6-8(5-14)13-7-3-4-9(15-2)11(12)10(6)7/h3-5,13H,1-2H3. The molecule has 0 saturated carbocycles. The van der Waals surface area contributed by atoms with Gasteiger partial charge in [0, 0.05) is 10.9 Å². The van der Waals surface area contributed by atoms with Crippen LogP contribution in [0.5, 0.6) is 5.75 Å². The molecule has 4 heteroatoms. The quantitative estimate of drug-likeness (QED) is 0.850. The van der Waals surface area contributed by atoms with Gasteiger partial charge in [0.05, 0.1) is 17.3 Å². The smallest absolute Gasteiger partial charge is 0.166 e. The minimum Gasteiger partial charge on any atom is -0.496 e. The molecule has 78 valence electrons. The van der Waals surface area contributed by atoms with E-state index in [2.05, 4.69) is 20.9 Å². The predicted molar refractivity (Wildman–Crippen MR) is 62.7 cm³/mol. The van der Waals surface area contributed by atoms with Crippen molar-refractivity contribution in [3.63, 3.8) is 0 Å². The third-order valence-electron chi connectivity index (χ3n) is 2.49. The van der Waals surface area contributed by atoms with Crippen molar-refractivity contribution in [3.8, 4) is 5.75 Å². The van der Waals surface area contributed by atoms with Crippen molar-refractivity contribution in [2.75, 3.05) is 7.11 Å². The van der Waals surface area contributed by atoms with Gasteiger partial charge in [0.25, 0.3) is 0 Å². The number of halogens is 1. The van der Waals surface area contributed by atoms with Crippen molar-refractivity contribution in [1.82, 2.24) is 4.98 Å². The average Bonchev–Trinajstić information content (AvgIpc) is 2.57. The molecule has 2 aromatic rings. The maximum absolute atomic E-state index is 10.8. The highest BCUT2D eigenvalue weighted by Crippen LogP contribution is 2.35. The number of aldehydes is 1. The molecule has 0 radical (unpaired) electrons. The number of nitrogens with one attached hydrogen (secondary N) is 1. The molecular weight excluding hydrogens is 258 g/mol. The number of benzene rings is 1. The summed E-state index contributed by atoms with van der Waals surface area (Å²) in [6.45, 7) is 1.91. The number of hydrogen-bond acceptors (Lipinski definition) is 2. The highest BCUT2D eigenvalue weighted by molar-refractivity contribution is 9.10. The molecule has 0 spiro atoms. The number of ether oxygens (including phenoxy) is 1. The summed E-state index contributed by atoms with van der Waals surface area (Å²) in [5.74, 6) is 0.766. The van der Waals surface area contributed by atoms with Crippen LogP contribution in [0.1, 0.15) is 16.1 Å². The van der Waals surface area contributed by atoms with Gasteiger partial charge in [0.15, 0.2) is 6.29 Å². The number of H-pyrrole nitrogens is 1. The van der Waals surface area contributed by atoms with E-state index in [9.17, 15) is 4.79 Å². The lowest BCUT2D eigenvalue weighted by Crippen LogP contribution is -1.85. The lowest BCUT2D eigenvalue weighted by molar-refractivity contribution is 0.111. The molecular formula is C11H10BrNO2. The third kappa shape index (κ3) is 1.45. The van der Waals surface area contributed by atoms with E-state index in [-0.39, 0.29) is 0 Å². The number of aryl methyl sites for hydroxylation is 1. The highest BCUT2D eigenvalue weighted by Gasteiger charge is 2.12. The van der Waals surface area contributed by atoms with E-state index < -0.39 is 0 Å². The van der Waals surface area contributed by atoms with Crippen LogP contribution in [0.15, 0.2) is 16.6 Å². The number of aromatic amines is 1. The fourth-order valence-corrected chi connectivity index (χ4v) is 2.48. The summed E-state index contributed by atoms with van der Waals surface area (Å²) >= 11 is 3.47. The van der Waals surface area contributed by atoms with Crippen molar-refractivity contribution < 1.29 is 9.53 Å². The van der Waals surface area contributed by atoms with Gasteiger partial charge in [-0.3, -0.25) is 4.79 Å². The van der Waals surface area contributed by atoms with Gasteiger partial charge in [-0.25, -0.2) is 0 Å². The van der Waals surface area contributed by atoms with Gasteiger partial charge in [-0.15, -0.1) is 0 Å². The van der Waals surface area contributed by atoms with Gasteiger partial charge in [0.2, 0.25) is 0 Å². The van der Waals surface area contributed by atoms with Gasteiger partial charge in [-0.1, -0.05) is 0 Å². The van der Waals surface area contributed by atoms with Crippen molar-refractivity contribution in [2.45, 2.75) is 6.92 Å². The molecule has 0 unspecified atom stereocenters. The Morgan fingerprint density at radius 2 is 2.20 bits per heavy atom. The van der Waals surface area contributed by atoms with E-state index >= 15 is 0 Å². The Bertz CT molecular complexity index is 531. The molecule has 0 aliphatic heterocycles. The lowest BCUT2D eigenvalue weighted by Gasteiger charge is -2.04. The molecule has 15 heavy (non-hydrogen) atoms. The summed E-state index contributed by atoms with van der Waals surface area (Å²) in [5.41, 5.74) is 2.48. The maximum atomic E-state index is 10.8. The summed E-state index contributed by atoms with van der Waals surface area (Å²) < 4.78 is 6.08. The number of methoxy groups -OCH3 is 1. The zero-order chi connectivity index (χ0) is 11.0. The highest BCUT2D eigenvalue weighted by atomic mass is 79.9. The number of aromatic nitrogens is 1. The predicted octanol–water partition coefficient (Wildman–Crippen LogP) is 3.06. The van der Waals surface area contributed by atoms with Crippen LogP contribution in [-0.2, 0) is 0 Å². The first kappa shape index (κ1) is 10.2. The Morgan fingerprint density at radius 3 is 2.80 bits per heavy atom. The third-order valence-corrected chi connectivity index (χ3v) is 3.28. The molecule has 1 aromatic heterocycles. The molecule has 0 aliphatic rings. The first-order chi connectivity index (χ1) is 7.19. The van der Waals surface area contributed by atoms with Crippen LogP contribution >= 0.6 is 15.9 Å². The average molecular weight is 268 g/mol. The second-order valence-electron chi connectivity index (χ2n) is 3.29. The molecule has 3 nitrogen and oxygen atoms in total. The summed E-state index contributed by atoms with van der Waals surface area (Å²) in [7, 11) is 1.62. The molecule has 0 amide bonds. The van der Waals surface area contributed by atoms with Crippen LogP contribution in [0.4, 0.5) is 0 Å². The fraction of sp³-hybridized carbons (Fsp3) is 0.182. The first-order valence-corrected chi connectivity index (χ1v) is 5.28. The normalized spacial score (nSPS) is 10.6. The number of rotatable bonds is 2. The molecule has 0 fully saturated rings. The van der Waals surface area contributed by atoms with E-state index in [0.717, 1.165) is 33.0 Å². The molecule has 0 saturated heterocycles. The molecule has 0 bridgehead atoms. The molecule has 1 aromatic carbocycles. The molecule has 1 N–H and O–H groups in total. The minimum atomic E-state index is 0.610.